The van der Waals surface area contributed by atoms with E-state index >= 15 is 0 Å². The van der Waals surface area contributed by atoms with Crippen molar-refractivity contribution in [2.24, 2.45) is 4.99 Å². The fourth-order valence-corrected chi connectivity index (χ4v) is 6.92. The van der Waals surface area contributed by atoms with Crippen LogP contribution in [0.15, 0.2) is 35.3 Å². The molecule has 0 saturated heterocycles. The van der Waals surface area contributed by atoms with Crippen molar-refractivity contribution in [3.63, 3.8) is 0 Å². The standard InChI is InChI=1S/C29H40N6O4S2Si/c1-8-39-27(36)25-23(14-11-15-37-4)41-28(30-25)34(3)24-18-20(2)26(33-32-24)31-29-35(19-38-16-17-42(5,6)7)21-12-9-10-13-22(21)40-29/h9-10,12-13,18H,8,11,14-17,19H2,1-7H3. The number of nitrogens with zero attached hydrogens (tertiary/aromatic N) is 6. The van der Waals surface area contributed by atoms with Gasteiger partial charge in [-0.1, -0.05) is 43.1 Å². The molecule has 4 rings (SSSR count). The highest BCUT2D eigenvalue weighted by atomic mass is 32.1. The summed E-state index contributed by atoms with van der Waals surface area (Å²) in [4.78, 5) is 25.6. The van der Waals surface area contributed by atoms with Crippen molar-refractivity contribution in [2.75, 3.05) is 38.9 Å². The van der Waals surface area contributed by atoms with Crippen LogP contribution in [0, 0.1) is 6.92 Å². The number of carbonyl (C=O) groups is 1. The van der Waals surface area contributed by atoms with E-state index in [2.05, 4.69) is 51.5 Å². The van der Waals surface area contributed by atoms with Crippen molar-refractivity contribution in [3.05, 3.63) is 51.3 Å². The summed E-state index contributed by atoms with van der Waals surface area (Å²) in [6, 6.07) is 11.3. The number of methoxy groups -OCH3 is 1. The van der Waals surface area contributed by atoms with Crippen LogP contribution in [0.1, 0.15) is 34.3 Å². The van der Waals surface area contributed by atoms with Gasteiger partial charge in [-0.15, -0.1) is 21.5 Å². The van der Waals surface area contributed by atoms with Crippen LogP contribution in [0.5, 0.6) is 0 Å². The van der Waals surface area contributed by atoms with Gasteiger partial charge in [-0.3, -0.25) is 4.57 Å². The minimum Gasteiger partial charge on any atom is -0.461 e. The van der Waals surface area contributed by atoms with Crippen LogP contribution in [0.4, 0.5) is 16.8 Å². The van der Waals surface area contributed by atoms with Gasteiger partial charge in [0.15, 0.2) is 27.3 Å². The molecule has 0 N–H and O–H groups in total. The maximum atomic E-state index is 12.6. The van der Waals surface area contributed by atoms with Gasteiger partial charge >= 0.3 is 5.97 Å². The second-order valence-electron chi connectivity index (χ2n) is 11.1. The van der Waals surface area contributed by atoms with E-state index in [1.807, 2.05) is 37.1 Å². The van der Waals surface area contributed by atoms with Crippen LogP contribution >= 0.6 is 22.7 Å². The second kappa shape index (κ2) is 14.5. The topological polar surface area (TPSA) is 104 Å². The van der Waals surface area contributed by atoms with Crippen molar-refractivity contribution >= 4 is 63.7 Å². The number of para-hydroxylation sites is 1. The summed E-state index contributed by atoms with van der Waals surface area (Å²) in [5.41, 5.74) is 2.30. The van der Waals surface area contributed by atoms with Crippen molar-refractivity contribution in [1.29, 1.82) is 0 Å². The molecule has 0 atom stereocenters. The fourth-order valence-electron chi connectivity index (χ4n) is 4.08. The lowest BCUT2D eigenvalue weighted by Crippen LogP contribution is -2.23. The number of fused-ring (bicyclic) bond motifs is 1. The molecule has 0 spiro atoms. The van der Waals surface area contributed by atoms with Crippen molar-refractivity contribution in [1.82, 2.24) is 19.7 Å². The zero-order valence-corrected chi connectivity index (χ0v) is 28.1. The van der Waals surface area contributed by atoms with Crippen LogP contribution in [0.25, 0.3) is 10.2 Å². The van der Waals surface area contributed by atoms with Crippen LogP contribution in [-0.2, 0) is 27.4 Å². The van der Waals surface area contributed by atoms with E-state index in [0.717, 1.165) is 44.5 Å². The molecule has 226 valence electrons. The Morgan fingerprint density at radius 1 is 1.14 bits per heavy atom. The maximum Gasteiger partial charge on any atom is 0.358 e. The molecule has 42 heavy (non-hydrogen) atoms. The zero-order valence-electron chi connectivity index (χ0n) is 25.5. The Labute approximate surface area is 256 Å². The molecule has 0 aliphatic heterocycles. The van der Waals surface area contributed by atoms with Crippen molar-refractivity contribution < 1.29 is 19.0 Å². The minimum absolute atomic E-state index is 0.291. The van der Waals surface area contributed by atoms with E-state index < -0.39 is 14.0 Å². The number of benzene rings is 1. The molecule has 0 amide bonds. The third-order valence-electron chi connectivity index (χ3n) is 6.49. The summed E-state index contributed by atoms with van der Waals surface area (Å²) < 4.78 is 19.8. The molecule has 3 aromatic heterocycles. The van der Waals surface area contributed by atoms with Gasteiger partial charge < -0.3 is 19.1 Å². The average molecular weight is 629 g/mol. The SMILES string of the molecule is CCOC(=O)c1nc(N(C)c2cc(C)c(N=c3sc4ccccc4n3COCC[Si](C)(C)C)nn2)sc1CCCOC. The Balaban J connectivity index is 1.61. The maximum absolute atomic E-state index is 12.6. The van der Waals surface area contributed by atoms with Gasteiger partial charge in [-0.05, 0) is 56.5 Å². The first-order valence-electron chi connectivity index (χ1n) is 14.1. The third-order valence-corrected chi connectivity index (χ3v) is 10.4. The number of hydrogen-bond acceptors (Lipinski definition) is 11. The van der Waals surface area contributed by atoms with E-state index in [0.29, 0.717) is 48.8 Å². The molecule has 1 aromatic carbocycles. The van der Waals surface area contributed by atoms with Gasteiger partial charge in [-0.25, -0.2) is 9.78 Å². The highest BCUT2D eigenvalue weighted by Gasteiger charge is 2.22. The highest BCUT2D eigenvalue weighted by Crippen LogP contribution is 2.32. The molecular formula is C29H40N6O4S2Si. The number of aryl methyl sites for hydroxylation is 2. The summed E-state index contributed by atoms with van der Waals surface area (Å²) in [6.07, 6.45) is 1.46. The van der Waals surface area contributed by atoms with E-state index in [4.69, 9.17) is 19.2 Å². The monoisotopic (exact) mass is 628 g/mol. The van der Waals surface area contributed by atoms with Crippen molar-refractivity contribution in [3.8, 4) is 0 Å². The molecule has 0 fully saturated rings. The molecule has 0 radical (unpaired) electrons. The first-order valence-corrected chi connectivity index (χ1v) is 19.4. The first kappa shape index (κ1) is 32.0. The zero-order chi connectivity index (χ0) is 30.3. The number of rotatable bonds is 14. The largest absolute Gasteiger partial charge is 0.461 e. The number of aromatic nitrogens is 4. The predicted molar refractivity (Wildman–Crippen MR) is 172 cm³/mol. The molecule has 4 aromatic rings. The normalized spacial score (nSPS) is 12.3. The Kier molecular flexibility index (Phi) is 11.0. The molecule has 10 nitrogen and oxygen atoms in total. The number of hydrogen-bond donors (Lipinski definition) is 0. The molecule has 0 bridgehead atoms. The summed E-state index contributed by atoms with van der Waals surface area (Å²) in [6.45, 7) is 12.9. The first-order chi connectivity index (χ1) is 20.1. The number of carbonyl (C=O) groups excluding carboxylic acids is 1. The predicted octanol–water partition coefficient (Wildman–Crippen LogP) is 6.33. The summed E-state index contributed by atoms with van der Waals surface area (Å²) >= 11 is 3.05. The summed E-state index contributed by atoms with van der Waals surface area (Å²) in [5.74, 6) is 0.734. The third kappa shape index (κ3) is 8.10. The Morgan fingerprint density at radius 2 is 1.93 bits per heavy atom. The molecule has 0 aliphatic carbocycles. The number of ether oxygens (including phenoxy) is 3. The lowest BCUT2D eigenvalue weighted by molar-refractivity contribution is 0.0519. The number of anilines is 2. The van der Waals surface area contributed by atoms with Crippen LogP contribution < -0.4 is 9.70 Å². The second-order valence-corrected chi connectivity index (χ2v) is 18.8. The van der Waals surface area contributed by atoms with E-state index in [1.54, 1.807) is 25.4 Å². The van der Waals surface area contributed by atoms with Crippen molar-refractivity contribution in [2.45, 2.75) is 59.1 Å². The number of thiazole rings is 2. The van der Waals surface area contributed by atoms with Gasteiger partial charge in [0.05, 0.1) is 16.8 Å². The van der Waals surface area contributed by atoms with Gasteiger partial charge in [0.2, 0.25) is 0 Å². The molecule has 3 heterocycles. The van der Waals surface area contributed by atoms with Gasteiger partial charge in [0.25, 0.3) is 0 Å². The lowest BCUT2D eigenvalue weighted by atomic mass is 10.2. The Bertz CT molecular complexity index is 1580. The average Bonchev–Trinajstić information content (AvgIpc) is 3.53. The molecule has 0 unspecified atom stereocenters. The minimum atomic E-state index is -1.18. The van der Waals surface area contributed by atoms with E-state index in [9.17, 15) is 4.79 Å². The lowest BCUT2D eigenvalue weighted by Gasteiger charge is -2.16. The fraction of sp³-hybridized carbons (Fsp3) is 0.483. The van der Waals surface area contributed by atoms with E-state index in [1.165, 1.54) is 11.3 Å². The van der Waals surface area contributed by atoms with Crippen LogP contribution in [0.2, 0.25) is 25.7 Å². The Morgan fingerprint density at radius 3 is 2.64 bits per heavy atom. The van der Waals surface area contributed by atoms with Gasteiger partial charge in [0.1, 0.15) is 6.73 Å². The van der Waals surface area contributed by atoms with Crippen LogP contribution in [-0.4, -0.2) is 67.8 Å². The molecule has 0 aliphatic rings. The summed E-state index contributed by atoms with van der Waals surface area (Å²) in [5, 5.41) is 9.60. The quantitative estimate of drug-likeness (QED) is 0.0907. The summed E-state index contributed by atoms with van der Waals surface area (Å²) in [7, 11) is 2.35. The smallest absolute Gasteiger partial charge is 0.358 e. The highest BCUT2D eigenvalue weighted by molar-refractivity contribution is 7.16. The van der Waals surface area contributed by atoms with E-state index in [-0.39, 0.29) is 0 Å². The van der Waals surface area contributed by atoms with Crippen LogP contribution in [0.3, 0.4) is 0 Å². The van der Waals surface area contributed by atoms with Gasteiger partial charge in [-0.2, -0.15) is 4.99 Å². The van der Waals surface area contributed by atoms with Gasteiger partial charge in [0, 0.05) is 40.3 Å². The Hall–Kier alpha value is -2.97. The number of esters is 1. The molecular weight excluding hydrogens is 589 g/mol. The molecule has 0 saturated carbocycles. The molecule has 13 heteroatoms.